The summed E-state index contributed by atoms with van der Waals surface area (Å²) in [4.78, 5) is 11.7. The maximum absolute atomic E-state index is 13.6. The number of amides is 1. The lowest BCUT2D eigenvalue weighted by atomic mass is 10.1. The van der Waals surface area contributed by atoms with Crippen LogP contribution in [-0.2, 0) is 11.3 Å². The van der Waals surface area contributed by atoms with E-state index in [2.05, 4.69) is 5.32 Å². The zero-order chi connectivity index (χ0) is 14.3. The highest BCUT2D eigenvalue weighted by molar-refractivity contribution is 5.78. The van der Waals surface area contributed by atoms with Gasteiger partial charge in [-0.15, -0.1) is 0 Å². The fourth-order valence-electron chi connectivity index (χ4n) is 1.72. The number of ether oxygens (including phenoxy) is 1. The van der Waals surface area contributed by atoms with Crippen molar-refractivity contribution in [2.24, 2.45) is 11.7 Å². The van der Waals surface area contributed by atoms with Crippen LogP contribution in [0.25, 0.3) is 0 Å². The number of benzene rings is 1. The average molecular weight is 268 g/mol. The first kappa shape index (κ1) is 15.4. The molecule has 4 nitrogen and oxygen atoms in total. The van der Waals surface area contributed by atoms with Gasteiger partial charge in [0, 0.05) is 19.0 Å². The lowest BCUT2D eigenvalue weighted by Gasteiger charge is -2.13. The first-order chi connectivity index (χ1) is 9.12. The molecule has 0 aliphatic rings. The Kier molecular flexibility index (Phi) is 6.29. The Bertz CT molecular complexity index is 420. The third kappa shape index (κ3) is 4.52. The predicted octanol–water partition coefficient (Wildman–Crippen LogP) is 1.83. The molecule has 1 aromatic carbocycles. The molecule has 106 valence electrons. The molecule has 1 amide bonds. The van der Waals surface area contributed by atoms with Crippen molar-refractivity contribution in [3.8, 4) is 5.75 Å². The lowest BCUT2D eigenvalue weighted by molar-refractivity contribution is -0.124. The van der Waals surface area contributed by atoms with E-state index in [1.54, 1.807) is 19.1 Å². The van der Waals surface area contributed by atoms with E-state index < -0.39 is 5.82 Å². The van der Waals surface area contributed by atoms with Crippen molar-refractivity contribution in [1.82, 2.24) is 5.32 Å². The van der Waals surface area contributed by atoms with Crippen molar-refractivity contribution < 1.29 is 13.9 Å². The predicted molar refractivity (Wildman–Crippen MR) is 72.3 cm³/mol. The van der Waals surface area contributed by atoms with Crippen LogP contribution >= 0.6 is 0 Å². The molecule has 0 aliphatic heterocycles. The molecule has 0 spiro atoms. The minimum absolute atomic E-state index is 0.0979. The Hall–Kier alpha value is -1.62. The number of halogens is 1. The molecule has 0 aromatic heterocycles. The first-order valence-electron chi connectivity index (χ1n) is 6.51. The largest absolute Gasteiger partial charge is 0.491 e. The van der Waals surface area contributed by atoms with Gasteiger partial charge in [-0.1, -0.05) is 13.0 Å². The van der Waals surface area contributed by atoms with Gasteiger partial charge in [0.05, 0.1) is 6.61 Å². The van der Waals surface area contributed by atoms with Crippen LogP contribution in [0.2, 0.25) is 0 Å². The van der Waals surface area contributed by atoms with Gasteiger partial charge in [0.2, 0.25) is 5.91 Å². The number of hydrogen-bond donors (Lipinski definition) is 2. The van der Waals surface area contributed by atoms with Gasteiger partial charge in [0.25, 0.3) is 0 Å². The molecule has 0 saturated heterocycles. The van der Waals surface area contributed by atoms with Crippen molar-refractivity contribution in [1.29, 1.82) is 0 Å². The molecule has 0 bridgehead atoms. The van der Waals surface area contributed by atoms with Gasteiger partial charge in [-0.3, -0.25) is 4.79 Å². The van der Waals surface area contributed by atoms with Crippen molar-refractivity contribution in [3.05, 3.63) is 29.6 Å². The van der Waals surface area contributed by atoms with Crippen LogP contribution in [0.4, 0.5) is 4.39 Å². The Morgan fingerprint density at radius 3 is 2.74 bits per heavy atom. The maximum atomic E-state index is 13.6. The minimum Gasteiger partial charge on any atom is -0.491 e. The fourth-order valence-corrected chi connectivity index (χ4v) is 1.72. The second-order valence-corrected chi connectivity index (χ2v) is 4.26. The quantitative estimate of drug-likeness (QED) is 0.793. The third-order valence-corrected chi connectivity index (χ3v) is 2.91. The normalized spacial score (nSPS) is 12.0. The number of carbonyl (C=O) groups is 1. The van der Waals surface area contributed by atoms with Crippen molar-refractivity contribution >= 4 is 5.91 Å². The number of carbonyl (C=O) groups excluding carboxylic acids is 1. The summed E-state index contributed by atoms with van der Waals surface area (Å²) < 4.78 is 18.7. The van der Waals surface area contributed by atoms with Gasteiger partial charge in [0.15, 0.2) is 11.6 Å². The number of rotatable bonds is 7. The van der Waals surface area contributed by atoms with E-state index >= 15 is 0 Å². The highest BCUT2D eigenvalue weighted by Crippen LogP contribution is 2.18. The molecule has 1 atom stereocenters. The maximum Gasteiger partial charge on any atom is 0.224 e. The fraction of sp³-hybridized carbons (Fsp3) is 0.500. The molecule has 0 saturated carbocycles. The molecular weight excluding hydrogens is 247 g/mol. The second kappa shape index (κ2) is 7.74. The van der Waals surface area contributed by atoms with Crippen molar-refractivity contribution in [3.63, 3.8) is 0 Å². The van der Waals surface area contributed by atoms with E-state index in [0.717, 1.165) is 0 Å². The summed E-state index contributed by atoms with van der Waals surface area (Å²) in [5.74, 6) is -0.475. The van der Waals surface area contributed by atoms with Crippen LogP contribution in [0.3, 0.4) is 0 Å². The smallest absolute Gasteiger partial charge is 0.224 e. The summed E-state index contributed by atoms with van der Waals surface area (Å²) in [7, 11) is 0. The number of nitrogens with one attached hydrogen (secondary N) is 1. The van der Waals surface area contributed by atoms with Gasteiger partial charge < -0.3 is 15.8 Å². The highest BCUT2D eigenvalue weighted by atomic mass is 19.1. The summed E-state index contributed by atoms with van der Waals surface area (Å²) in [6.07, 6.45) is 0.694. The second-order valence-electron chi connectivity index (χ2n) is 4.26. The minimum atomic E-state index is -0.417. The van der Waals surface area contributed by atoms with Gasteiger partial charge in [-0.2, -0.15) is 0 Å². The number of hydrogen-bond acceptors (Lipinski definition) is 3. The molecule has 1 rings (SSSR count). The van der Waals surface area contributed by atoms with Crippen LogP contribution in [0.1, 0.15) is 25.8 Å². The zero-order valence-corrected chi connectivity index (χ0v) is 11.4. The Morgan fingerprint density at radius 2 is 2.21 bits per heavy atom. The van der Waals surface area contributed by atoms with Crippen molar-refractivity contribution in [2.75, 3.05) is 13.2 Å². The van der Waals surface area contributed by atoms with Crippen LogP contribution in [0, 0.1) is 11.7 Å². The van der Waals surface area contributed by atoms with Crippen LogP contribution < -0.4 is 15.8 Å². The van der Waals surface area contributed by atoms with E-state index in [-0.39, 0.29) is 17.6 Å². The van der Waals surface area contributed by atoms with Crippen LogP contribution in [-0.4, -0.2) is 19.1 Å². The lowest BCUT2D eigenvalue weighted by Crippen LogP contribution is -2.34. The molecule has 3 N–H and O–H groups in total. The monoisotopic (exact) mass is 268 g/mol. The van der Waals surface area contributed by atoms with Gasteiger partial charge in [0.1, 0.15) is 0 Å². The molecule has 0 heterocycles. The van der Waals surface area contributed by atoms with E-state index in [4.69, 9.17) is 10.5 Å². The van der Waals surface area contributed by atoms with Gasteiger partial charge in [-0.05, 0) is 31.0 Å². The highest BCUT2D eigenvalue weighted by Gasteiger charge is 2.14. The van der Waals surface area contributed by atoms with E-state index in [1.165, 1.54) is 6.07 Å². The molecule has 5 heteroatoms. The molecule has 0 fully saturated rings. The molecule has 1 unspecified atom stereocenters. The van der Waals surface area contributed by atoms with Crippen molar-refractivity contribution in [2.45, 2.75) is 26.8 Å². The summed E-state index contributed by atoms with van der Waals surface area (Å²) in [6, 6.07) is 4.67. The molecule has 0 aliphatic carbocycles. The summed E-state index contributed by atoms with van der Waals surface area (Å²) in [6.45, 7) is 4.74. The summed E-state index contributed by atoms with van der Waals surface area (Å²) in [5.41, 5.74) is 6.19. The van der Waals surface area contributed by atoms with Gasteiger partial charge in [-0.25, -0.2) is 4.39 Å². The topological polar surface area (TPSA) is 64.3 Å². The molecule has 0 radical (unpaired) electrons. The van der Waals surface area contributed by atoms with E-state index in [1.807, 2.05) is 6.92 Å². The first-order valence-corrected chi connectivity index (χ1v) is 6.51. The Labute approximate surface area is 113 Å². The third-order valence-electron chi connectivity index (χ3n) is 2.91. The Balaban J connectivity index is 2.58. The van der Waals surface area contributed by atoms with Crippen LogP contribution in [0.15, 0.2) is 18.2 Å². The summed E-state index contributed by atoms with van der Waals surface area (Å²) in [5, 5.41) is 2.75. The average Bonchev–Trinajstić information content (AvgIpc) is 2.41. The zero-order valence-electron chi connectivity index (χ0n) is 11.4. The molecular formula is C14H21FN2O2. The van der Waals surface area contributed by atoms with E-state index in [9.17, 15) is 9.18 Å². The standard InChI is InChI=1S/C14H21FN2O2/c1-3-11(8-16)14(18)17-9-10-5-6-13(19-4-2)12(15)7-10/h5-7,11H,3-4,8-9,16H2,1-2H3,(H,17,18). The summed E-state index contributed by atoms with van der Waals surface area (Å²) >= 11 is 0. The number of nitrogens with two attached hydrogens (primary N) is 1. The molecule has 19 heavy (non-hydrogen) atoms. The SMILES string of the molecule is CCOc1ccc(CNC(=O)C(CC)CN)cc1F. The van der Waals surface area contributed by atoms with Gasteiger partial charge >= 0.3 is 0 Å². The van der Waals surface area contributed by atoms with E-state index in [0.29, 0.717) is 31.7 Å². The molecule has 1 aromatic rings. The van der Waals surface area contributed by atoms with Crippen LogP contribution in [0.5, 0.6) is 5.75 Å². The Morgan fingerprint density at radius 1 is 1.47 bits per heavy atom.